The van der Waals surface area contributed by atoms with E-state index in [1.165, 1.54) is 0 Å². The molecule has 0 aromatic carbocycles. The third-order valence-electron chi connectivity index (χ3n) is 4.76. The molecule has 6 heteroatoms. The zero-order valence-corrected chi connectivity index (χ0v) is 15.4. The highest BCUT2D eigenvalue weighted by molar-refractivity contribution is 6.04. The molecule has 1 heterocycles. The second kappa shape index (κ2) is 8.32. The molecule has 1 aliphatic rings. The van der Waals surface area contributed by atoms with Crippen LogP contribution in [-0.4, -0.2) is 35.4 Å². The van der Waals surface area contributed by atoms with Crippen molar-refractivity contribution in [2.75, 3.05) is 6.61 Å². The third-order valence-corrected chi connectivity index (χ3v) is 4.76. The molecule has 1 N–H and O–H groups in total. The molecule has 2 rings (SSSR count). The highest BCUT2D eigenvalue weighted by Crippen LogP contribution is 2.26. The number of Topliss-reactive ketones (excluding diaryl/α,β-unsaturated/α-hetero) is 1. The molecule has 1 aliphatic carbocycles. The molecule has 25 heavy (non-hydrogen) atoms. The van der Waals surface area contributed by atoms with Crippen LogP contribution in [-0.2, 0) is 14.3 Å². The molecule has 138 valence electrons. The maximum Gasteiger partial charge on any atom is 0.340 e. The van der Waals surface area contributed by atoms with Crippen molar-refractivity contribution >= 4 is 17.7 Å². The first-order valence-corrected chi connectivity index (χ1v) is 8.97. The molecular formula is C19H27NO5. The minimum absolute atomic E-state index is 0.106. The van der Waals surface area contributed by atoms with Gasteiger partial charge in [-0.25, -0.2) is 4.79 Å². The first kappa shape index (κ1) is 19.2. The van der Waals surface area contributed by atoms with E-state index in [-0.39, 0.29) is 24.3 Å². The van der Waals surface area contributed by atoms with Gasteiger partial charge in [-0.2, -0.15) is 0 Å². The van der Waals surface area contributed by atoms with Crippen molar-refractivity contribution in [1.29, 1.82) is 0 Å². The number of aryl methyl sites for hydroxylation is 1. The van der Waals surface area contributed by atoms with Crippen LogP contribution >= 0.6 is 0 Å². The van der Waals surface area contributed by atoms with Crippen LogP contribution in [0.3, 0.4) is 0 Å². The van der Waals surface area contributed by atoms with E-state index in [0.29, 0.717) is 22.5 Å². The molecule has 0 radical (unpaired) electrons. The highest BCUT2D eigenvalue weighted by Gasteiger charge is 2.30. The summed E-state index contributed by atoms with van der Waals surface area (Å²) in [4.78, 5) is 39.9. The summed E-state index contributed by atoms with van der Waals surface area (Å²) in [5.74, 6) is -1.20. The maximum atomic E-state index is 12.7. The lowest BCUT2D eigenvalue weighted by molar-refractivity contribution is -0.152. The van der Waals surface area contributed by atoms with Gasteiger partial charge >= 0.3 is 11.9 Å². The lowest BCUT2D eigenvalue weighted by Gasteiger charge is -2.22. The topological polar surface area (TPSA) is 85.5 Å². The minimum atomic E-state index is -0.888. The summed E-state index contributed by atoms with van der Waals surface area (Å²) >= 11 is 0. The molecule has 1 atom stereocenters. The molecule has 1 aromatic heterocycles. The van der Waals surface area contributed by atoms with E-state index in [9.17, 15) is 14.4 Å². The Bertz CT molecular complexity index is 655. The fraction of sp³-hybridized carbons (Fsp3) is 0.632. The summed E-state index contributed by atoms with van der Waals surface area (Å²) in [6.07, 6.45) is 3.97. The summed E-state index contributed by atoms with van der Waals surface area (Å²) in [5, 5.41) is 0. The van der Waals surface area contributed by atoms with E-state index < -0.39 is 12.1 Å². The number of carbonyl (C=O) groups is 3. The van der Waals surface area contributed by atoms with Crippen molar-refractivity contribution in [3.05, 3.63) is 22.5 Å². The van der Waals surface area contributed by atoms with E-state index in [1.807, 2.05) is 0 Å². The van der Waals surface area contributed by atoms with Gasteiger partial charge in [-0.05, 0) is 46.1 Å². The second-order valence-electron chi connectivity index (χ2n) is 6.62. The first-order valence-electron chi connectivity index (χ1n) is 8.97. The molecule has 0 amide bonds. The van der Waals surface area contributed by atoms with Gasteiger partial charge in [-0.1, -0.05) is 19.3 Å². The summed E-state index contributed by atoms with van der Waals surface area (Å²) in [7, 11) is 0. The van der Waals surface area contributed by atoms with E-state index in [1.54, 1.807) is 27.7 Å². The van der Waals surface area contributed by atoms with Gasteiger partial charge in [0.25, 0.3) is 0 Å². The quantitative estimate of drug-likeness (QED) is 0.627. The van der Waals surface area contributed by atoms with Crippen molar-refractivity contribution in [3.8, 4) is 0 Å². The number of esters is 2. The van der Waals surface area contributed by atoms with Gasteiger partial charge in [0.2, 0.25) is 5.78 Å². The Labute approximate surface area is 148 Å². The van der Waals surface area contributed by atoms with Crippen LogP contribution in [0.2, 0.25) is 0 Å². The number of ketones is 1. The monoisotopic (exact) mass is 349 g/mol. The van der Waals surface area contributed by atoms with Crippen LogP contribution in [0, 0.1) is 19.8 Å². The number of ether oxygens (including phenoxy) is 2. The normalized spacial score (nSPS) is 16.3. The molecule has 1 fully saturated rings. The number of aromatic amines is 1. The number of carbonyl (C=O) groups excluding carboxylic acids is 3. The van der Waals surface area contributed by atoms with Crippen molar-refractivity contribution in [2.45, 2.75) is 65.9 Å². The predicted molar refractivity (Wildman–Crippen MR) is 92.7 cm³/mol. The predicted octanol–water partition coefficient (Wildman–Crippen LogP) is 3.50. The fourth-order valence-corrected chi connectivity index (χ4v) is 3.37. The van der Waals surface area contributed by atoms with E-state index in [2.05, 4.69) is 4.98 Å². The molecular weight excluding hydrogens is 322 g/mol. The number of rotatable bonds is 6. The fourth-order valence-electron chi connectivity index (χ4n) is 3.37. The molecule has 6 nitrogen and oxygen atoms in total. The Hall–Kier alpha value is -2.11. The average Bonchev–Trinajstić information content (AvgIpc) is 2.89. The molecule has 0 bridgehead atoms. The lowest BCUT2D eigenvalue weighted by Crippen LogP contribution is -2.29. The maximum absolute atomic E-state index is 12.7. The van der Waals surface area contributed by atoms with Crippen LogP contribution < -0.4 is 0 Å². The smallest absolute Gasteiger partial charge is 0.340 e. The van der Waals surface area contributed by atoms with Crippen LogP contribution in [0.15, 0.2) is 0 Å². The van der Waals surface area contributed by atoms with Gasteiger partial charge in [0.05, 0.1) is 23.8 Å². The van der Waals surface area contributed by atoms with Crippen LogP contribution in [0.4, 0.5) is 0 Å². The summed E-state index contributed by atoms with van der Waals surface area (Å²) in [6, 6.07) is 0. The summed E-state index contributed by atoms with van der Waals surface area (Å²) in [5.41, 5.74) is 1.77. The van der Waals surface area contributed by atoms with Gasteiger partial charge in [-0.15, -0.1) is 0 Å². The summed E-state index contributed by atoms with van der Waals surface area (Å²) < 4.78 is 10.4. The number of aromatic nitrogens is 1. The largest absolute Gasteiger partial charge is 0.462 e. The number of hydrogen-bond acceptors (Lipinski definition) is 5. The van der Waals surface area contributed by atoms with Gasteiger partial charge in [0.15, 0.2) is 6.10 Å². The average molecular weight is 349 g/mol. The van der Waals surface area contributed by atoms with E-state index in [0.717, 1.165) is 32.1 Å². The summed E-state index contributed by atoms with van der Waals surface area (Å²) in [6.45, 7) is 6.98. The lowest BCUT2D eigenvalue weighted by atomic mass is 9.89. The minimum Gasteiger partial charge on any atom is -0.462 e. The molecule has 1 unspecified atom stereocenters. The van der Waals surface area contributed by atoms with Crippen LogP contribution in [0.25, 0.3) is 0 Å². The molecule has 1 saturated carbocycles. The Morgan fingerprint density at radius 3 is 2.40 bits per heavy atom. The molecule has 0 spiro atoms. The van der Waals surface area contributed by atoms with Gasteiger partial charge in [0.1, 0.15) is 0 Å². The van der Waals surface area contributed by atoms with Gasteiger partial charge in [0, 0.05) is 5.69 Å². The third kappa shape index (κ3) is 4.30. The second-order valence-corrected chi connectivity index (χ2v) is 6.62. The van der Waals surface area contributed by atoms with Gasteiger partial charge in [-0.3, -0.25) is 9.59 Å². The van der Waals surface area contributed by atoms with Crippen molar-refractivity contribution in [2.24, 2.45) is 5.92 Å². The zero-order chi connectivity index (χ0) is 18.6. The van der Waals surface area contributed by atoms with Crippen molar-refractivity contribution in [3.63, 3.8) is 0 Å². The number of H-pyrrole nitrogens is 1. The SMILES string of the molecule is CCOC(=O)c1c(C)[nH]c(C(=O)C(C)OC(=O)C2CCCCC2)c1C. The van der Waals surface area contributed by atoms with Crippen LogP contribution in [0.5, 0.6) is 0 Å². The molecule has 1 aromatic rings. The van der Waals surface area contributed by atoms with E-state index in [4.69, 9.17) is 9.47 Å². The Balaban J connectivity index is 2.10. The number of hydrogen-bond donors (Lipinski definition) is 1. The van der Waals surface area contributed by atoms with Gasteiger partial charge < -0.3 is 14.5 Å². The standard InChI is InChI=1S/C19H27NO5/c1-5-24-19(23)15-11(2)16(20-12(15)3)17(21)13(4)25-18(22)14-9-7-6-8-10-14/h13-14,20H,5-10H2,1-4H3. The van der Waals surface area contributed by atoms with Crippen molar-refractivity contribution < 1.29 is 23.9 Å². The Kier molecular flexibility index (Phi) is 6.39. The zero-order valence-electron chi connectivity index (χ0n) is 15.4. The molecule has 0 aliphatic heterocycles. The molecule has 0 saturated heterocycles. The van der Waals surface area contributed by atoms with Crippen LogP contribution in [0.1, 0.15) is 78.1 Å². The van der Waals surface area contributed by atoms with E-state index >= 15 is 0 Å². The van der Waals surface area contributed by atoms with Crippen molar-refractivity contribution in [1.82, 2.24) is 4.98 Å². The highest BCUT2D eigenvalue weighted by atomic mass is 16.5. The Morgan fingerprint density at radius 2 is 1.80 bits per heavy atom. The number of nitrogens with one attached hydrogen (secondary N) is 1. The Morgan fingerprint density at radius 1 is 1.16 bits per heavy atom. The first-order chi connectivity index (χ1) is 11.9.